The number of terminal acetylenes is 1. The molecule has 2 rings (SSSR count). The van der Waals surface area contributed by atoms with Gasteiger partial charge >= 0.3 is 0 Å². The highest BCUT2D eigenvalue weighted by molar-refractivity contribution is 5.19. The Balaban J connectivity index is 2.16. The molecule has 0 bridgehead atoms. The second-order valence-corrected chi connectivity index (χ2v) is 3.09. The van der Waals surface area contributed by atoms with Crippen LogP contribution >= 0.6 is 0 Å². The molecule has 0 aromatic heterocycles. The van der Waals surface area contributed by atoms with Crippen LogP contribution in [0, 0.1) is 18.3 Å². The maximum Gasteiger partial charge on any atom is 0.0394 e. The van der Waals surface area contributed by atoms with Crippen LogP contribution in [-0.2, 0) is 0 Å². The first-order valence-electron chi connectivity index (χ1n) is 3.58. The largest absolute Gasteiger partial charge is 0.310 e. The van der Waals surface area contributed by atoms with Crippen LogP contribution in [0.1, 0.15) is 19.3 Å². The Morgan fingerprint density at radius 3 is 2.78 bits per heavy atom. The van der Waals surface area contributed by atoms with Crippen LogP contribution in [0.15, 0.2) is 0 Å². The fourth-order valence-corrected chi connectivity index (χ4v) is 1.77. The maximum absolute atomic E-state index is 5.36. The van der Waals surface area contributed by atoms with Crippen LogP contribution in [0.3, 0.4) is 0 Å². The van der Waals surface area contributed by atoms with E-state index in [-0.39, 0.29) is 0 Å². The van der Waals surface area contributed by atoms with Crippen molar-refractivity contribution < 1.29 is 0 Å². The molecule has 1 aliphatic carbocycles. The molecule has 0 radical (unpaired) electrons. The summed E-state index contributed by atoms with van der Waals surface area (Å²) >= 11 is 0. The molecule has 1 atom stereocenters. The lowest BCUT2D eigenvalue weighted by atomic mass is 10.0. The molecule has 1 spiro atoms. The molecule has 48 valence electrons. The molecule has 0 aromatic carbocycles. The second kappa shape index (κ2) is 1.52. The third-order valence-corrected chi connectivity index (χ3v) is 2.57. The van der Waals surface area contributed by atoms with Crippen LogP contribution in [0.2, 0.25) is 0 Å². The van der Waals surface area contributed by atoms with Gasteiger partial charge < -0.3 is 5.32 Å². The van der Waals surface area contributed by atoms with Crippen molar-refractivity contribution in [2.24, 2.45) is 5.92 Å². The number of hydrogen-bond donors (Lipinski definition) is 1. The molecule has 1 N–H and O–H groups in total. The average molecular weight is 121 g/mol. The third-order valence-electron chi connectivity index (χ3n) is 2.57. The van der Waals surface area contributed by atoms with E-state index < -0.39 is 0 Å². The van der Waals surface area contributed by atoms with Gasteiger partial charge in [0.1, 0.15) is 0 Å². The monoisotopic (exact) mass is 121 g/mol. The van der Waals surface area contributed by atoms with Gasteiger partial charge in [0.25, 0.3) is 0 Å². The predicted octanol–water partition coefficient (Wildman–Crippen LogP) is 0.762. The first-order valence-corrected chi connectivity index (χ1v) is 3.58. The van der Waals surface area contributed by atoms with E-state index in [9.17, 15) is 0 Å². The Hall–Kier alpha value is -0.480. The van der Waals surface area contributed by atoms with Crippen molar-refractivity contribution in [3.05, 3.63) is 0 Å². The van der Waals surface area contributed by atoms with Gasteiger partial charge in [-0.3, -0.25) is 0 Å². The summed E-state index contributed by atoms with van der Waals surface area (Å²) in [7, 11) is 0. The molecule has 9 heavy (non-hydrogen) atoms. The SMILES string of the molecule is C#CC1CCNC12CC2. The summed E-state index contributed by atoms with van der Waals surface area (Å²) < 4.78 is 0. The molecule has 2 aliphatic rings. The minimum absolute atomic E-state index is 0.425. The highest BCUT2D eigenvalue weighted by Gasteiger charge is 2.51. The highest BCUT2D eigenvalue weighted by atomic mass is 15.1. The minimum atomic E-state index is 0.425. The van der Waals surface area contributed by atoms with Crippen LogP contribution in [0.5, 0.6) is 0 Å². The van der Waals surface area contributed by atoms with Gasteiger partial charge in [-0.25, -0.2) is 0 Å². The Labute approximate surface area is 55.8 Å². The number of hydrogen-bond acceptors (Lipinski definition) is 1. The average Bonchev–Trinajstić information content (AvgIpc) is 2.45. The first-order chi connectivity index (χ1) is 4.37. The topological polar surface area (TPSA) is 12.0 Å². The standard InChI is InChI=1S/C8H11N/c1-2-7-3-6-9-8(7)4-5-8/h1,7,9H,3-6H2. The number of nitrogens with one attached hydrogen (secondary N) is 1. The zero-order valence-corrected chi connectivity index (χ0v) is 5.48. The molecule has 1 saturated heterocycles. The van der Waals surface area contributed by atoms with E-state index in [0.717, 1.165) is 6.54 Å². The Bertz CT molecular complexity index is 162. The van der Waals surface area contributed by atoms with Gasteiger partial charge in [0.2, 0.25) is 0 Å². The Morgan fingerprint density at radius 2 is 2.33 bits per heavy atom. The lowest BCUT2D eigenvalue weighted by Crippen LogP contribution is -2.27. The van der Waals surface area contributed by atoms with Crippen molar-refractivity contribution in [1.29, 1.82) is 0 Å². The zero-order valence-electron chi connectivity index (χ0n) is 5.48. The summed E-state index contributed by atoms with van der Waals surface area (Å²) in [6, 6.07) is 0. The van der Waals surface area contributed by atoms with E-state index in [1.165, 1.54) is 19.3 Å². The molecular formula is C8H11N. The predicted molar refractivity (Wildman–Crippen MR) is 36.9 cm³/mol. The van der Waals surface area contributed by atoms with Crippen LogP contribution in [0.4, 0.5) is 0 Å². The van der Waals surface area contributed by atoms with Crippen molar-refractivity contribution in [3.63, 3.8) is 0 Å². The van der Waals surface area contributed by atoms with Crippen molar-refractivity contribution >= 4 is 0 Å². The quantitative estimate of drug-likeness (QED) is 0.467. The molecular weight excluding hydrogens is 110 g/mol. The summed E-state index contributed by atoms with van der Waals surface area (Å²) in [5.74, 6) is 3.39. The fourth-order valence-electron chi connectivity index (χ4n) is 1.77. The van der Waals surface area contributed by atoms with Crippen LogP contribution < -0.4 is 5.32 Å². The minimum Gasteiger partial charge on any atom is -0.310 e. The summed E-state index contributed by atoms with van der Waals surface area (Å²) in [4.78, 5) is 0. The lowest BCUT2D eigenvalue weighted by molar-refractivity contribution is 0.523. The summed E-state index contributed by atoms with van der Waals surface area (Å²) in [6.45, 7) is 1.13. The smallest absolute Gasteiger partial charge is 0.0394 e. The summed E-state index contributed by atoms with van der Waals surface area (Å²) in [5.41, 5.74) is 0.425. The molecule has 1 saturated carbocycles. The van der Waals surface area contributed by atoms with Crippen molar-refractivity contribution in [3.8, 4) is 12.3 Å². The van der Waals surface area contributed by atoms with Gasteiger partial charge in [-0.1, -0.05) is 0 Å². The van der Waals surface area contributed by atoms with Crippen molar-refractivity contribution in [1.82, 2.24) is 5.32 Å². The van der Waals surface area contributed by atoms with E-state index in [0.29, 0.717) is 11.5 Å². The zero-order chi connectivity index (χ0) is 6.32. The van der Waals surface area contributed by atoms with Gasteiger partial charge in [0, 0.05) is 11.5 Å². The van der Waals surface area contributed by atoms with E-state index in [4.69, 9.17) is 6.42 Å². The fraction of sp³-hybridized carbons (Fsp3) is 0.750. The summed E-state index contributed by atoms with van der Waals surface area (Å²) in [5, 5.41) is 3.47. The van der Waals surface area contributed by atoms with Gasteiger partial charge in [0.15, 0.2) is 0 Å². The lowest BCUT2D eigenvalue weighted by Gasteiger charge is -2.10. The second-order valence-electron chi connectivity index (χ2n) is 3.09. The van der Waals surface area contributed by atoms with Gasteiger partial charge in [-0.05, 0) is 25.8 Å². The van der Waals surface area contributed by atoms with E-state index >= 15 is 0 Å². The molecule has 1 nitrogen and oxygen atoms in total. The van der Waals surface area contributed by atoms with E-state index in [2.05, 4.69) is 11.2 Å². The third kappa shape index (κ3) is 0.601. The molecule has 1 aliphatic heterocycles. The van der Waals surface area contributed by atoms with Gasteiger partial charge in [-0.15, -0.1) is 12.3 Å². The normalized spacial score (nSPS) is 36.6. The Kier molecular flexibility index (Phi) is 0.896. The highest BCUT2D eigenvalue weighted by Crippen LogP contribution is 2.46. The first kappa shape index (κ1) is 5.32. The van der Waals surface area contributed by atoms with Gasteiger partial charge in [0.05, 0.1) is 0 Å². The van der Waals surface area contributed by atoms with Crippen LogP contribution in [0.25, 0.3) is 0 Å². The maximum atomic E-state index is 5.36. The van der Waals surface area contributed by atoms with Crippen LogP contribution in [-0.4, -0.2) is 12.1 Å². The van der Waals surface area contributed by atoms with Gasteiger partial charge in [-0.2, -0.15) is 0 Å². The van der Waals surface area contributed by atoms with E-state index in [1.807, 2.05) is 0 Å². The summed E-state index contributed by atoms with van der Waals surface area (Å²) in [6.07, 6.45) is 9.17. The molecule has 1 heteroatoms. The molecule has 0 aromatic rings. The molecule has 1 heterocycles. The number of rotatable bonds is 0. The molecule has 1 unspecified atom stereocenters. The molecule has 2 fully saturated rings. The van der Waals surface area contributed by atoms with Crippen molar-refractivity contribution in [2.75, 3.05) is 6.54 Å². The van der Waals surface area contributed by atoms with E-state index in [1.54, 1.807) is 0 Å². The van der Waals surface area contributed by atoms with Crippen molar-refractivity contribution in [2.45, 2.75) is 24.8 Å². The molecule has 0 amide bonds. The Morgan fingerprint density at radius 1 is 1.56 bits per heavy atom.